The largest absolute Gasteiger partial charge is 0.486 e. The van der Waals surface area contributed by atoms with Gasteiger partial charge in [-0.2, -0.15) is 0 Å². The fourth-order valence-electron chi connectivity index (χ4n) is 1.55. The highest BCUT2D eigenvalue weighted by Crippen LogP contribution is 2.43. The average molecular weight is 285 g/mol. The Morgan fingerprint density at radius 1 is 1.42 bits per heavy atom. The molecule has 1 aromatic heterocycles. The van der Waals surface area contributed by atoms with Crippen LogP contribution in [0.3, 0.4) is 0 Å². The zero-order valence-corrected chi connectivity index (χ0v) is 12.8. The van der Waals surface area contributed by atoms with E-state index in [1.165, 1.54) is 11.3 Å². The van der Waals surface area contributed by atoms with Gasteiger partial charge in [-0.15, -0.1) is 11.3 Å². The third kappa shape index (κ3) is 4.02. The van der Waals surface area contributed by atoms with E-state index in [4.69, 9.17) is 10.5 Å². The summed E-state index contributed by atoms with van der Waals surface area (Å²) in [7, 11) is 0. The minimum absolute atomic E-state index is 0.0147. The Morgan fingerprint density at radius 2 is 2.11 bits per heavy atom. The lowest BCUT2D eigenvalue weighted by Gasteiger charge is -2.11. The molecule has 0 radical (unpaired) electrons. The molecule has 0 aliphatic carbocycles. The predicted octanol–water partition coefficient (Wildman–Crippen LogP) is 2.69. The molecule has 0 unspecified atom stereocenters. The summed E-state index contributed by atoms with van der Waals surface area (Å²) in [6.45, 7) is 9.27. The molecular formula is C13H23N3O2S. The third-order valence-corrected chi connectivity index (χ3v) is 3.48. The van der Waals surface area contributed by atoms with Crippen LogP contribution in [0.1, 0.15) is 43.8 Å². The highest BCUT2D eigenvalue weighted by atomic mass is 32.1. The molecule has 0 aliphatic heterocycles. The lowest BCUT2D eigenvalue weighted by Crippen LogP contribution is -2.23. The highest BCUT2D eigenvalue weighted by molar-refractivity contribution is 7.19. The average Bonchev–Trinajstić information content (AvgIpc) is 2.65. The van der Waals surface area contributed by atoms with Gasteiger partial charge in [0.1, 0.15) is 15.6 Å². The van der Waals surface area contributed by atoms with Gasteiger partial charge in [-0.25, -0.2) is 0 Å². The number of hydrogen-bond donors (Lipinski definition) is 3. The number of nitrogen functional groups attached to an aromatic ring is 1. The van der Waals surface area contributed by atoms with Crippen molar-refractivity contribution in [1.29, 1.82) is 0 Å². The van der Waals surface area contributed by atoms with Gasteiger partial charge in [-0.3, -0.25) is 4.79 Å². The summed E-state index contributed by atoms with van der Waals surface area (Å²) in [4.78, 5) is 12.5. The quantitative estimate of drug-likeness (QED) is 0.720. The molecule has 1 heterocycles. The minimum Gasteiger partial charge on any atom is -0.486 e. The van der Waals surface area contributed by atoms with Crippen molar-refractivity contribution in [2.45, 2.75) is 40.2 Å². The van der Waals surface area contributed by atoms with Crippen molar-refractivity contribution in [2.24, 2.45) is 0 Å². The number of rotatable bonds is 7. The fourth-order valence-corrected chi connectivity index (χ4v) is 2.58. The molecular weight excluding hydrogens is 262 g/mol. The van der Waals surface area contributed by atoms with Crippen molar-refractivity contribution in [3.63, 3.8) is 0 Å². The standard InChI is InChI=1S/C13H23N3O2S/c1-5-7-16-12(17)11-9(14)10(18-8(3)4)13(19-11)15-6-2/h8,15H,5-7,14H2,1-4H3,(H,16,17). The molecule has 5 nitrogen and oxygen atoms in total. The number of nitrogens with one attached hydrogen (secondary N) is 2. The molecule has 0 aromatic carbocycles. The van der Waals surface area contributed by atoms with E-state index in [2.05, 4.69) is 10.6 Å². The second-order valence-electron chi connectivity index (χ2n) is 4.46. The van der Waals surface area contributed by atoms with Gasteiger partial charge in [0.2, 0.25) is 0 Å². The van der Waals surface area contributed by atoms with Crippen molar-refractivity contribution in [2.75, 3.05) is 24.1 Å². The number of nitrogens with two attached hydrogens (primary N) is 1. The maximum absolute atomic E-state index is 12.0. The van der Waals surface area contributed by atoms with Crippen LogP contribution in [-0.2, 0) is 0 Å². The van der Waals surface area contributed by atoms with E-state index in [0.29, 0.717) is 22.9 Å². The van der Waals surface area contributed by atoms with Gasteiger partial charge in [-0.1, -0.05) is 6.92 Å². The summed E-state index contributed by atoms with van der Waals surface area (Å²) in [5.41, 5.74) is 6.46. The van der Waals surface area contributed by atoms with Crippen LogP contribution in [0, 0.1) is 0 Å². The molecule has 108 valence electrons. The monoisotopic (exact) mass is 285 g/mol. The molecule has 0 fully saturated rings. The first-order chi connectivity index (χ1) is 9.01. The van der Waals surface area contributed by atoms with Crippen molar-refractivity contribution >= 4 is 27.9 Å². The van der Waals surface area contributed by atoms with Crippen LogP contribution in [0.15, 0.2) is 0 Å². The van der Waals surface area contributed by atoms with Gasteiger partial charge in [0.25, 0.3) is 5.91 Å². The first-order valence-electron chi connectivity index (χ1n) is 6.62. The molecule has 0 aliphatic rings. The molecule has 1 amide bonds. The van der Waals surface area contributed by atoms with E-state index in [1.54, 1.807) is 0 Å². The summed E-state index contributed by atoms with van der Waals surface area (Å²) < 4.78 is 5.71. The summed E-state index contributed by atoms with van der Waals surface area (Å²) >= 11 is 1.34. The van der Waals surface area contributed by atoms with Crippen LogP contribution in [-0.4, -0.2) is 25.1 Å². The van der Waals surface area contributed by atoms with Gasteiger partial charge in [0.15, 0.2) is 5.75 Å². The van der Waals surface area contributed by atoms with Gasteiger partial charge >= 0.3 is 0 Å². The Balaban J connectivity index is 3.02. The number of carbonyl (C=O) groups is 1. The molecule has 1 aromatic rings. The van der Waals surface area contributed by atoms with Crippen LogP contribution in [0.5, 0.6) is 5.75 Å². The molecule has 0 saturated carbocycles. The van der Waals surface area contributed by atoms with Crippen LogP contribution in [0.25, 0.3) is 0 Å². The number of hydrogen-bond acceptors (Lipinski definition) is 5. The van der Waals surface area contributed by atoms with Crippen LogP contribution in [0.4, 0.5) is 10.7 Å². The van der Waals surface area contributed by atoms with Crippen molar-refractivity contribution in [3.05, 3.63) is 4.88 Å². The first kappa shape index (κ1) is 15.6. The maximum Gasteiger partial charge on any atom is 0.263 e. The maximum atomic E-state index is 12.0. The summed E-state index contributed by atoms with van der Waals surface area (Å²) in [5, 5.41) is 6.84. The molecule has 0 spiro atoms. The Hall–Kier alpha value is -1.43. The number of carbonyl (C=O) groups excluding carboxylic acids is 1. The Kier molecular flexibility index (Phi) is 5.95. The predicted molar refractivity (Wildman–Crippen MR) is 81.3 cm³/mol. The summed E-state index contributed by atoms with van der Waals surface area (Å²) in [6.07, 6.45) is 0.910. The molecule has 4 N–H and O–H groups in total. The van der Waals surface area contributed by atoms with Crippen molar-refractivity contribution in [1.82, 2.24) is 5.32 Å². The minimum atomic E-state index is -0.137. The van der Waals surface area contributed by atoms with Gasteiger partial charge in [0.05, 0.1) is 6.10 Å². The van der Waals surface area contributed by atoms with Crippen molar-refractivity contribution in [3.8, 4) is 5.75 Å². The Morgan fingerprint density at radius 3 is 2.63 bits per heavy atom. The normalized spacial score (nSPS) is 10.6. The van der Waals surface area contributed by atoms with Gasteiger partial charge in [-0.05, 0) is 27.2 Å². The van der Waals surface area contributed by atoms with Gasteiger partial charge in [0, 0.05) is 13.1 Å². The Bertz CT molecular complexity index is 430. The van der Waals surface area contributed by atoms with E-state index in [9.17, 15) is 4.79 Å². The molecule has 19 heavy (non-hydrogen) atoms. The lowest BCUT2D eigenvalue weighted by atomic mass is 10.3. The molecule has 0 atom stereocenters. The third-order valence-electron chi connectivity index (χ3n) is 2.33. The zero-order chi connectivity index (χ0) is 14.4. The molecule has 6 heteroatoms. The second kappa shape index (κ2) is 7.23. The van der Waals surface area contributed by atoms with Crippen LogP contribution in [0.2, 0.25) is 0 Å². The fraction of sp³-hybridized carbons (Fsp3) is 0.615. The number of thiophene rings is 1. The van der Waals surface area contributed by atoms with E-state index >= 15 is 0 Å². The van der Waals surface area contributed by atoms with Gasteiger partial charge < -0.3 is 21.1 Å². The first-order valence-corrected chi connectivity index (χ1v) is 7.43. The zero-order valence-electron chi connectivity index (χ0n) is 12.0. The molecule has 1 rings (SSSR count). The second-order valence-corrected chi connectivity index (χ2v) is 5.48. The number of amides is 1. The lowest BCUT2D eigenvalue weighted by molar-refractivity contribution is 0.0958. The summed E-state index contributed by atoms with van der Waals surface area (Å²) in [5.74, 6) is 0.450. The van der Waals surface area contributed by atoms with Crippen LogP contribution < -0.4 is 21.1 Å². The van der Waals surface area contributed by atoms with Crippen LogP contribution >= 0.6 is 11.3 Å². The van der Waals surface area contributed by atoms with E-state index in [1.807, 2.05) is 27.7 Å². The van der Waals surface area contributed by atoms with E-state index < -0.39 is 0 Å². The smallest absolute Gasteiger partial charge is 0.263 e. The van der Waals surface area contributed by atoms with Crippen molar-refractivity contribution < 1.29 is 9.53 Å². The summed E-state index contributed by atoms with van der Waals surface area (Å²) in [6, 6.07) is 0. The number of ether oxygens (including phenoxy) is 1. The van der Waals surface area contributed by atoms with E-state index in [-0.39, 0.29) is 12.0 Å². The Labute approximate surface area is 118 Å². The highest BCUT2D eigenvalue weighted by Gasteiger charge is 2.22. The topological polar surface area (TPSA) is 76.4 Å². The molecule has 0 saturated heterocycles. The molecule has 0 bridgehead atoms. The van der Waals surface area contributed by atoms with E-state index in [0.717, 1.165) is 18.0 Å². The SMILES string of the molecule is CCCNC(=O)c1sc(NCC)c(OC(C)C)c1N. The number of anilines is 2.